The minimum atomic E-state index is -1.05. The Morgan fingerprint density at radius 2 is 2.00 bits per heavy atom. The fourth-order valence-corrected chi connectivity index (χ4v) is 3.41. The highest BCUT2D eigenvalue weighted by Gasteiger charge is 2.44. The lowest BCUT2D eigenvalue weighted by Crippen LogP contribution is -2.52. The Hall–Kier alpha value is -2.28. The molecule has 1 unspecified atom stereocenters. The molecule has 0 saturated carbocycles. The number of aliphatic carboxylic acids is 1. The minimum absolute atomic E-state index is 0.0905. The van der Waals surface area contributed by atoms with Crippen LogP contribution in [0.25, 0.3) is 0 Å². The molecule has 3 rings (SSSR count). The number of rotatable bonds is 4. The number of nitrogens with zero attached hydrogens (tertiary/aromatic N) is 1. The standard InChI is InChI=1S/C18H23NO6/c1-23-12-18(17(21)22)6-2-7-19(11-18)16(20)13-4-5-14-15(10-13)25-9-3-8-24-14/h4-5,10H,2-3,6-9,11-12H2,1H3,(H,21,22). The molecule has 0 spiro atoms. The zero-order valence-corrected chi connectivity index (χ0v) is 14.3. The first-order valence-electron chi connectivity index (χ1n) is 8.47. The number of ether oxygens (including phenoxy) is 3. The number of piperidine rings is 1. The van der Waals surface area contributed by atoms with Crippen molar-refractivity contribution in [1.29, 1.82) is 0 Å². The van der Waals surface area contributed by atoms with Gasteiger partial charge in [0.05, 0.1) is 19.8 Å². The number of fused-ring (bicyclic) bond motifs is 1. The van der Waals surface area contributed by atoms with Gasteiger partial charge in [0.2, 0.25) is 0 Å². The van der Waals surface area contributed by atoms with Crippen molar-refractivity contribution < 1.29 is 28.9 Å². The zero-order chi connectivity index (χ0) is 17.9. The van der Waals surface area contributed by atoms with Crippen LogP contribution in [-0.4, -0.2) is 61.9 Å². The molecular weight excluding hydrogens is 326 g/mol. The predicted molar refractivity (Wildman–Crippen MR) is 89.1 cm³/mol. The van der Waals surface area contributed by atoms with Crippen LogP contribution in [0.3, 0.4) is 0 Å². The minimum Gasteiger partial charge on any atom is -0.490 e. The number of benzene rings is 1. The van der Waals surface area contributed by atoms with Crippen molar-refractivity contribution in [2.75, 3.05) is 40.0 Å². The summed E-state index contributed by atoms with van der Waals surface area (Å²) in [6.07, 6.45) is 1.93. The summed E-state index contributed by atoms with van der Waals surface area (Å²) in [6, 6.07) is 5.11. The van der Waals surface area contributed by atoms with Gasteiger partial charge in [-0.25, -0.2) is 0 Å². The molecule has 7 heteroatoms. The molecule has 1 atom stereocenters. The van der Waals surface area contributed by atoms with Crippen molar-refractivity contribution in [1.82, 2.24) is 4.90 Å². The van der Waals surface area contributed by atoms with Gasteiger partial charge in [-0.1, -0.05) is 0 Å². The van der Waals surface area contributed by atoms with Crippen LogP contribution < -0.4 is 9.47 Å². The highest BCUT2D eigenvalue weighted by Crippen LogP contribution is 2.34. The van der Waals surface area contributed by atoms with Crippen LogP contribution in [0.5, 0.6) is 11.5 Å². The molecule has 1 saturated heterocycles. The van der Waals surface area contributed by atoms with E-state index in [9.17, 15) is 14.7 Å². The maximum absolute atomic E-state index is 12.9. The number of methoxy groups -OCH3 is 1. The molecule has 2 aliphatic heterocycles. The summed E-state index contributed by atoms with van der Waals surface area (Å²) < 4.78 is 16.3. The van der Waals surface area contributed by atoms with E-state index in [0.29, 0.717) is 49.7 Å². The molecule has 0 aromatic heterocycles. The lowest BCUT2D eigenvalue weighted by molar-refractivity contribution is -0.155. The summed E-state index contributed by atoms with van der Waals surface area (Å²) in [5.74, 6) is 0.0660. The first kappa shape index (κ1) is 17.5. The predicted octanol–water partition coefficient (Wildman–Crippen LogP) is 1.80. The number of likely N-dealkylation sites (tertiary alicyclic amines) is 1. The molecule has 7 nitrogen and oxygen atoms in total. The first-order valence-corrected chi connectivity index (χ1v) is 8.47. The Kier molecular flexibility index (Phi) is 5.13. The van der Waals surface area contributed by atoms with Crippen molar-refractivity contribution in [2.45, 2.75) is 19.3 Å². The van der Waals surface area contributed by atoms with E-state index in [-0.39, 0.29) is 19.1 Å². The summed E-state index contributed by atoms with van der Waals surface area (Å²) >= 11 is 0. The largest absolute Gasteiger partial charge is 0.490 e. The van der Waals surface area contributed by atoms with Crippen LogP contribution in [0.2, 0.25) is 0 Å². The van der Waals surface area contributed by atoms with E-state index in [1.807, 2.05) is 0 Å². The number of carbonyl (C=O) groups is 2. The van der Waals surface area contributed by atoms with Gasteiger partial charge in [0.15, 0.2) is 11.5 Å². The van der Waals surface area contributed by atoms with E-state index in [1.165, 1.54) is 7.11 Å². The van der Waals surface area contributed by atoms with Crippen LogP contribution in [-0.2, 0) is 9.53 Å². The molecule has 1 fully saturated rings. The number of carbonyl (C=O) groups excluding carboxylic acids is 1. The van der Waals surface area contributed by atoms with Crippen LogP contribution in [0.15, 0.2) is 18.2 Å². The molecular formula is C18H23NO6. The Morgan fingerprint density at radius 3 is 2.72 bits per heavy atom. The van der Waals surface area contributed by atoms with Gasteiger partial charge < -0.3 is 24.2 Å². The van der Waals surface area contributed by atoms with E-state index in [2.05, 4.69) is 0 Å². The van der Waals surface area contributed by atoms with Crippen molar-refractivity contribution >= 4 is 11.9 Å². The highest BCUT2D eigenvalue weighted by molar-refractivity contribution is 5.95. The van der Waals surface area contributed by atoms with E-state index in [1.54, 1.807) is 23.1 Å². The maximum atomic E-state index is 12.9. The van der Waals surface area contributed by atoms with E-state index in [4.69, 9.17) is 14.2 Å². The Balaban J connectivity index is 1.80. The van der Waals surface area contributed by atoms with E-state index >= 15 is 0 Å². The second-order valence-electron chi connectivity index (χ2n) is 6.56. The summed E-state index contributed by atoms with van der Waals surface area (Å²) in [6.45, 7) is 1.90. The van der Waals surface area contributed by atoms with Gasteiger partial charge >= 0.3 is 5.97 Å². The maximum Gasteiger partial charge on any atom is 0.313 e. The average molecular weight is 349 g/mol. The molecule has 1 aromatic carbocycles. The Labute approximate surface area is 146 Å². The van der Waals surface area contributed by atoms with Gasteiger partial charge in [0, 0.05) is 32.2 Å². The fraction of sp³-hybridized carbons (Fsp3) is 0.556. The van der Waals surface area contributed by atoms with Crippen molar-refractivity contribution in [2.24, 2.45) is 5.41 Å². The third-order valence-electron chi connectivity index (χ3n) is 4.73. The molecule has 0 aliphatic carbocycles. The van der Waals surface area contributed by atoms with Crippen molar-refractivity contribution in [3.8, 4) is 11.5 Å². The first-order chi connectivity index (χ1) is 12.1. The molecule has 25 heavy (non-hydrogen) atoms. The van der Waals surface area contributed by atoms with E-state index < -0.39 is 11.4 Å². The normalized spacial score (nSPS) is 23.0. The highest BCUT2D eigenvalue weighted by atomic mass is 16.5. The molecule has 2 heterocycles. The van der Waals surface area contributed by atoms with Crippen LogP contribution >= 0.6 is 0 Å². The van der Waals surface area contributed by atoms with E-state index in [0.717, 1.165) is 6.42 Å². The molecule has 1 amide bonds. The van der Waals surface area contributed by atoms with Gasteiger partial charge in [-0.05, 0) is 31.0 Å². The second-order valence-corrected chi connectivity index (χ2v) is 6.56. The van der Waals surface area contributed by atoms with Crippen molar-refractivity contribution in [3.63, 3.8) is 0 Å². The third kappa shape index (κ3) is 3.56. The number of carboxylic acids is 1. The summed E-state index contributed by atoms with van der Waals surface area (Å²) in [7, 11) is 1.48. The SMILES string of the molecule is COCC1(C(=O)O)CCCN(C(=O)c2ccc3c(c2)OCCCO3)C1. The quantitative estimate of drug-likeness (QED) is 0.892. The van der Waals surface area contributed by atoms with Crippen LogP contribution in [0.4, 0.5) is 0 Å². The molecule has 1 N–H and O–H groups in total. The zero-order valence-electron chi connectivity index (χ0n) is 14.3. The lowest BCUT2D eigenvalue weighted by Gasteiger charge is -2.39. The van der Waals surface area contributed by atoms with Crippen LogP contribution in [0, 0.1) is 5.41 Å². The Bertz CT molecular complexity index is 657. The second kappa shape index (κ2) is 7.31. The van der Waals surface area contributed by atoms with Gasteiger partial charge in [-0.2, -0.15) is 0 Å². The summed E-state index contributed by atoms with van der Waals surface area (Å²) in [4.78, 5) is 26.2. The van der Waals surface area contributed by atoms with Gasteiger partial charge in [0.1, 0.15) is 5.41 Å². The third-order valence-corrected chi connectivity index (χ3v) is 4.73. The fourth-order valence-electron chi connectivity index (χ4n) is 3.41. The van der Waals surface area contributed by atoms with Gasteiger partial charge in [0.25, 0.3) is 5.91 Å². The summed E-state index contributed by atoms with van der Waals surface area (Å²) in [5, 5.41) is 9.62. The molecule has 0 bridgehead atoms. The molecule has 2 aliphatic rings. The summed E-state index contributed by atoms with van der Waals surface area (Å²) in [5.41, 5.74) is -0.573. The molecule has 0 radical (unpaired) electrons. The number of amides is 1. The topological polar surface area (TPSA) is 85.3 Å². The van der Waals surface area contributed by atoms with Gasteiger partial charge in [-0.3, -0.25) is 9.59 Å². The molecule has 1 aromatic rings. The number of carboxylic acid groups (broad SMARTS) is 1. The Morgan fingerprint density at radius 1 is 1.24 bits per heavy atom. The monoisotopic (exact) mass is 349 g/mol. The smallest absolute Gasteiger partial charge is 0.313 e. The number of hydrogen-bond acceptors (Lipinski definition) is 5. The molecule has 136 valence electrons. The van der Waals surface area contributed by atoms with Crippen LogP contribution in [0.1, 0.15) is 29.6 Å². The van der Waals surface area contributed by atoms with Gasteiger partial charge in [-0.15, -0.1) is 0 Å². The average Bonchev–Trinajstić information content (AvgIpc) is 2.86. The van der Waals surface area contributed by atoms with Crippen molar-refractivity contribution in [3.05, 3.63) is 23.8 Å². The lowest BCUT2D eigenvalue weighted by atomic mass is 9.80. The number of hydrogen-bond donors (Lipinski definition) is 1.